The third kappa shape index (κ3) is 3.61. The van der Waals surface area contributed by atoms with Gasteiger partial charge in [0.25, 0.3) is 5.91 Å². The molecule has 0 atom stereocenters. The molecule has 3 aromatic carbocycles. The molecular formula is C19H17ClN2O3. The zero-order valence-corrected chi connectivity index (χ0v) is 14.3. The predicted octanol–water partition coefficient (Wildman–Crippen LogP) is 4.35. The summed E-state index contributed by atoms with van der Waals surface area (Å²) in [7, 11) is 0. The maximum absolute atomic E-state index is 12.5. The van der Waals surface area contributed by atoms with E-state index in [-0.39, 0.29) is 11.3 Å². The number of ether oxygens (including phenoxy) is 1. The molecule has 0 unspecified atom stereocenters. The largest absolute Gasteiger partial charge is 0.506 e. The molecule has 0 aliphatic carbocycles. The van der Waals surface area contributed by atoms with Gasteiger partial charge in [-0.3, -0.25) is 15.6 Å². The zero-order valence-electron chi connectivity index (χ0n) is 13.5. The second-order valence-electron chi connectivity index (χ2n) is 5.34. The Hall–Kier alpha value is -2.92. The van der Waals surface area contributed by atoms with Gasteiger partial charge in [0.1, 0.15) is 11.5 Å². The molecule has 0 aromatic heterocycles. The number of rotatable bonds is 5. The first kappa shape index (κ1) is 16.9. The smallest absolute Gasteiger partial charge is 0.273 e. The molecule has 3 rings (SSSR count). The molecule has 0 fully saturated rings. The van der Waals surface area contributed by atoms with Crippen LogP contribution in [0.25, 0.3) is 10.8 Å². The lowest BCUT2D eigenvalue weighted by Crippen LogP contribution is -2.29. The first-order chi connectivity index (χ1) is 12.1. The highest BCUT2D eigenvalue weighted by Crippen LogP contribution is 2.36. The van der Waals surface area contributed by atoms with Gasteiger partial charge in [0.05, 0.1) is 17.9 Å². The lowest BCUT2D eigenvalue weighted by Gasteiger charge is -2.14. The Labute approximate surface area is 150 Å². The number of phenols is 1. The van der Waals surface area contributed by atoms with E-state index < -0.39 is 5.91 Å². The fourth-order valence-electron chi connectivity index (χ4n) is 2.50. The number of aromatic hydroxyl groups is 1. The Morgan fingerprint density at radius 1 is 1.12 bits per heavy atom. The molecule has 6 heteroatoms. The number of amides is 1. The highest BCUT2D eigenvalue weighted by atomic mass is 35.5. The highest BCUT2D eigenvalue weighted by molar-refractivity contribution is 6.30. The van der Waals surface area contributed by atoms with Gasteiger partial charge >= 0.3 is 0 Å². The van der Waals surface area contributed by atoms with Crippen molar-refractivity contribution in [2.24, 2.45) is 0 Å². The third-order valence-electron chi connectivity index (χ3n) is 3.69. The van der Waals surface area contributed by atoms with Gasteiger partial charge in [0.15, 0.2) is 0 Å². The van der Waals surface area contributed by atoms with E-state index in [0.717, 1.165) is 5.39 Å². The summed E-state index contributed by atoms with van der Waals surface area (Å²) in [5.41, 5.74) is 6.15. The lowest BCUT2D eigenvalue weighted by molar-refractivity contribution is 0.0960. The van der Waals surface area contributed by atoms with E-state index in [4.69, 9.17) is 16.3 Å². The normalized spacial score (nSPS) is 10.5. The van der Waals surface area contributed by atoms with Crippen LogP contribution in [-0.4, -0.2) is 17.6 Å². The summed E-state index contributed by atoms with van der Waals surface area (Å²) < 4.78 is 5.61. The number of carbonyl (C=O) groups is 1. The van der Waals surface area contributed by atoms with E-state index in [1.807, 2.05) is 19.1 Å². The van der Waals surface area contributed by atoms with Crippen LogP contribution in [0.3, 0.4) is 0 Å². The van der Waals surface area contributed by atoms with Crippen molar-refractivity contribution < 1.29 is 14.6 Å². The third-order valence-corrected chi connectivity index (χ3v) is 3.94. The average Bonchev–Trinajstić information content (AvgIpc) is 2.63. The van der Waals surface area contributed by atoms with E-state index in [1.54, 1.807) is 42.5 Å². The molecule has 0 aliphatic heterocycles. The Morgan fingerprint density at radius 3 is 2.48 bits per heavy atom. The second kappa shape index (κ2) is 7.32. The molecule has 0 aliphatic rings. The van der Waals surface area contributed by atoms with Crippen molar-refractivity contribution in [3.05, 3.63) is 65.2 Å². The molecule has 1 amide bonds. The van der Waals surface area contributed by atoms with Crippen LogP contribution in [0.4, 0.5) is 5.69 Å². The number of phenolic OH excluding ortho intramolecular Hbond substituents is 1. The van der Waals surface area contributed by atoms with Crippen LogP contribution in [0.15, 0.2) is 54.6 Å². The molecule has 0 saturated heterocycles. The zero-order chi connectivity index (χ0) is 17.8. The molecule has 0 heterocycles. The van der Waals surface area contributed by atoms with Crippen LogP contribution in [-0.2, 0) is 0 Å². The molecule has 128 valence electrons. The van der Waals surface area contributed by atoms with Crippen LogP contribution in [0.5, 0.6) is 11.5 Å². The number of hydrogen-bond donors (Lipinski definition) is 3. The van der Waals surface area contributed by atoms with E-state index >= 15 is 0 Å². The van der Waals surface area contributed by atoms with E-state index in [1.165, 1.54) is 0 Å². The molecule has 5 nitrogen and oxygen atoms in total. The first-order valence-electron chi connectivity index (χ1n) is 7.79. The van der Waals surface area contributed by atoms with Gasteiger partial charge in [-0.2, -0.15) is 0 Å². The first-order valence-corrected chi connectivity index (χ1v) is 8.17. The molecule has 0 saturated carbocycles. The maximum atomic E-state index is 12.5. The van der Waals surface area contributed by atoms with Gasteiger partial charge < -0.3 is 9.84 Å². The van der Waals surface area contributed by atoms with Crippen molar-refractivity contribution in [2.75, 3.05) is 12.0 Å². The van der Waals surface area contributed by atoms with Crippen molar-refractivity contribution in [1.82, 2.24) is 5.43 Å². The number of fused-ring (bicyclic) bond motifs is 1. The number of nitrogens with one attached hydrogen (secondary N) is 2. The summed E-state index contributed by atoms with van der Waals surface area (Å²) >= 11 is 5.83. The minimum absolute atomic E-state index is 0.0885. The summed E-state index contributed by atoms with van der Waals surface area (Å²) in [4.78, 5) is 12.5. The van der Waals surface area contributed by atoms with Gasteiger partial charge in [-0.15, -0.1) is 0 Å². The molecule has 0 spiro atoms. The van der Waals surface area contributed by atoms with Gasteiger partial charge in [-0.05, 0) is 37.3 Å². The summed E-state index contributed by atoms with van der Waals surface area (Å²) in [6.07, 6.45) is 0. The molecule has 3 aromatic rings. The Morgan fingerprint density at radius 2 is 1.80 bits per heavy atom. The van der Waals surface area contributed by atoms with Crippen molar-refractivity contribution in [3.8, 4) is 11.5 Å². The van der Waals surface area contributed by atoms with E-state index in [0.29, 0.717) is 28.5 Å². The van der Waals surface area contributed by atoms with Crippen LogP contribution in [0.2, 0.25) is 5.02 Å². The fourth-order valence-corrected chi connectivity index (χ4v) is 2.63. The number of hydrogen-bond acceptors (Lipinski definition) is 4. The molecule has 0 bridgehead atoms. The molecule has 0 radical (unpaired) electrons. The number of halogens is 1. The minimum Gasteiger partial charge on any atom is -0.506 e. The Kier molecular flexibility index (Phi) is 4.95. The van der Waals surface area contributed by atoms with Gasteiger partial charge in [0, 0.05) is 15.8 Å². The molecular weight excluding hydrogens is 340 g/mol. The van der Waals surface area contributed by atoms with Crippen LogP contribution in [0, 0.1) is 0 Å². The van der Waals surface area contributed by atoms with Crippen molar-refractivity contribution in [1.29, 1.82) is 0 Å². The van der Waals surface area contributed by atoms with Crippen molar-refractivity contribution >= 4 is 34.0 Å². The topological polar surface area (TPSA) is 70.6 Å². The second-order valence-corrected chi connectivity index (χ2v) is 5.77. The highest BCUT2D eigenvalue weighted by Gasteiger charge is 2.17. The van der Waals surface area contributed by atoms with E-state index in [9.17, 15) is 9.90 Å². The van der Waals surface area contributed by atoms with Crippen LogP contribution < -0.4 is 15.6 Å². The number of hydrazine groups is 1. The van der Waals surface area contributed by atoms with Crippen LogP contribution >= 0.6 is 11.6 Å². The van der Waals surface area contributed by atoms with E-state index in [2.05, 4.69) is 10.9 Å². The van der Waals surface area contributed by atoms with Gasteiger partial charge in [-0.25, -0.2) is 0 Å². The summed E-state index contributed by atoms with van der Waals surface area (Å²) in [6, 6.07) is 15.7. The summed E-state index contributed by atoms with van der Waals surface area (Å²) in [6.45, 7) is 2.32. The number of benzene rings is 3. The number of anilines is 1. The number of carbonyl (C=O) groups excluding carboxylic acids is 1. The lowest BCUT2D eigenvalue weighted by atomic mass is 10.0. The molecule has 25 heavy (non-hydrogen) atoms. The van der Waals surface area contributed by atoms with Crippen LogP contribution in [0.1, 0.15) is 17.3 Å². The summed E-state index contributed by atoms with van der Waals surface area (Å²) in [5.74, 6) is -0.0128. The summed E-state index contributed by atoms with van der Waals surface area (Å²) in [5, 5.41) is 12.4. The van der Waals surface area contributed by atoms with Crippen molar-refractivity contribution in [2.45, 2.75) is 6.92 Å². The Balaban J connectivity index is 1.90. The quantitative estimate of drug-likeness (QED) is 0.594. The Bertz CT molecular complexity index is 910. The van der Waals surface area contributed by atoms with Crippen molar-refractivity contribution in [3.63, 3.8) is 0 Å². The fraction of sp³-hybridized carbons (Fsp3) is 0.105. The maximum Gasteiger partial charge on any atom is 0.273 e. The van der Waals surface area contributed by atoms with Gasteiger partial charge in [0.2, 0.25) is 0 Å². The van der Waals surface area contributed by atoms with Gasteiger partial charge in [-0.1, -0.05) is 35.9 Å². The minimum atomic E-state index is -0.473. The average molecular weight is 357 g/mol. The predicted molar refractivity (Wildman–Crippen MR) is 99.3 cm³/mol. The monoisotopic (exact) mass is 356 g/mol. The molecule has 3 N–H and O–H groups in total. The standard InChI is InChI=1S/C19H17ClN2O3/c1-2-25-17-11-16(18(23)15-6-4-3-5-14(15)17)19(24)22-21-13-9-7-12(20)8-10-13/h3-11,21,23H,2H2,1H3,(H,22,24). The SMILES string of the molecule is CCOc1cc(C(=O)NNc2ccc(Cl)cc2)c(O)c2ccccc12.